The van der Waals surface area contributed by atoms with Crippen molar-refractivity contribution in [2.24, 2.45) is 5.92 Å². The van der Waals surface area contributed by atoms with Gasteiger partial charge < -0.3 is 10.6 Å². The molecule has 0 radical (unpaired) electrons. The molecule has 0 fully saturated rings. The number of nitro benzene ring substituents is 1. The molecule has 2 N–H and O–H groups in total. The quantitative estimate of drug-likeness (QED) is 0.496. The second-order valence-electron chi connectivity index (χ2n) is 5.09. The molecule has 0 bridgehead atoms. The van der Waals surface area contributed by atoms with Crippen LogP contribution < -0.4 is 10.6 Å². The summed E-state index contributed by atoms with van der Waals surface area (Å²) < 4.78 is 0. The van der Waals surface area contributed by atoms with Crippen LogP contribution in [-0.2, 0) is 0 Å². The van der Waals surface area contributed by atoms with Gasteiger partial charge in [0.2, 0.25) is 0 Å². The third-order valence-corrected chi connectivity index (χ3v) is 3.08. The Morgan fingerprint density at radius 3 is 2.44 bits per heavy atom. The molecule has 1 aromatic rings. The van der Waals surface area contributed by atoms with E-state index in [1.807, 2.05) is 7.05 Å². The van der Waals surface area contributed by atoms with E-state index in [1.165, 1.54) is 12.1 Å². The molecule has 0 aromatic heterocycles. The summed E-state index contributed by atoms with van der Waals surface area (Å²) in [6, 6.07) is 4.96. The van der Waals surface area contributed by atoms with Gasteiger partial charge in [0.25, 0.3) is 5.69 Å². The van der Waals surface area contributed by atoms with Gasteiger partial charge in [0.1, 0.15) is 0 Å². The summed E-state index contributed by atoms with van der Waals surface area (Å²) in [5, 5.41) is 10.7. The zero-order chi connectivity index (χ0) is 13.9. The van der Waals surface area contributed by atoms with Crippen LogP contribution in [0.1, 0.15) is 27.2 Å². The van der Waals surface area contributed by atoms with E-state index in [4.69, 9.17) is 5.73 Å². The van der Waals surface area contributed by atoms with Crippen LogP contribution in [-0.4, -0.2) is 18.0 Å². The Balaban J connectivity index is 2.92. The van der Waals surface area contributed by atoms with E-state index in [-0.39, 0.29) is 5.69 Å². The van der Waals surface area contributed by atoms with E-state index in [2.05, 4.69) is 25.7 Å². The minimum atomic E-state index is -0.433. The van der Waals surface area contributed by atoms with Gasteiger partial charge in [0, 0.05) is 25.2 Å². The number of nitrogens with zero attached hydrogens (tertiary/aromatic N) is 2. The minimum absolute atomic E-state index is 0.0289. The van der Waals surface area contributed by atoms with Gasteiger partial charge in [-0.2, -0.15) is 0 Å². The van der Waals surface area contributed by atoms with Crippen molar-refractivity contribution >= 4 is 17.1 Å². The Morgan fingerprint density at radius 1 is 1.39 bits per heavy atom. The van der Waals surface area contributed by atoms with Crippen LogP contribution in [0.4, 0.5) is 17.1 Å². The van der Waals surface area contributed by atoms with Gasteiger partial charge in [-0.15, -0.1) is 0 Å². The zero-order valence-corrected chi connectivity index (χ0v) is 11.4. The summed E-state index contributed by atoms with van der Waals surface area (Å²) >= 11 is 0. The van der Waals surface area contributed by atoms with Crippen molar-refractivity contribution in [3.8, 4) is 0 Å². The molecule has 1 atom stereocenters. The maximum absolute atomic E-state index is 10.7. The first-order valence-corrected chi connectivity index (χ1v) is 6.09. The van der Waals surface area contributed by atoms with Crippen molar-refractivity contribution in [1.29, 1.82) is 0 Å². The lowest BCUT2D eigenvalue weighted by atomic mass is 10.0. The predicted octanol–water partition coefficient (Wildman–Crippen LogP) is 3.05. The Hall–Kier alpha value is -1.78. The van der Waals surface area contributed by atoms with Crippen LogP contribution >= 0.6 is 0 Å². The third-order valence-electron chi connectivity index (χ3n) is 3.08. The number of nitro groups is 1. The summed E-state index contributed by atoms with van der Waals surface area (Å²) in [5.41, 5.74) is 7.20. The predicted molar refractivity (Wildman–Crippen MR) is 74.8 cm³/mol. The molecule has 0 saturated heterocycles. The van der Waals surface area contributed by atoms with Gasteiger partial charge in [-0.05, 0) is 25.3 Å². The number of hydrogen-bond acceptors (Lipinski definition) is 4. The fourth-order valence-corrected chi connectivity index (χ4v) is 2.05. The lowest BCUT2D eigenvalue weighted by molar-refractivity contribution is -0.384. The monoisotopic (exact) mass is 251 g/mol. The lowest BCUT2D eigenvalue weighted by Gasteiger charge is -2.29. The van der Waals surface area contributed by atoms with Crippen LogP contribution in [0.25, 0.3) is 0 Å². The number of benzene rings is 1. The molecule has 0 saturated carbocycles. The summed E-state index contributed by atoms with van der Waals surface area (Å²) in [5.74, 6) is 0.599. The molecule has 0 aliphatic carbocycles. The number of nitrogens with two attached hydrogens (primary N) is 1. The first kappa shape index (κ1) is 14.3. The molecule has 1 rings (SSSR count). The van der Waals surface area contributed by atoms with Crippen LogP contribution in [0.5, 0.6) is 0 Å². The van der Waals surface area contributed by atoms with Crippen molar-refractivity contribution in [3.63, 3.8) is 0 Å². The van der Waals surface area contributed by atoms with Gasteiger partial charge >= 0.3 is 0 Å². The first-order chi connectivity index (χ1) is 8.32. The SMILES string of the molecule is CC(C)CC(C)N(C)c1ccc([N+](=O)[O-])cc1N. The van der Waals surface area contributed by atoms with Gasteiger partial charge in [-0.1, -0.05) is 13.8 Å². The Kier molecular flexibility index (Phi) is 4.53. The number of anilines is 2. The normalized spacial score (nSPS) is 12.5. The summed E-state index contributed by atoms with van der Waals surface area (Å²) in [6.07, 6.45) is 1.05. The summed E-state index contributed by atoms with van der Waals surface area (Å²) in [6.45, 7) is 6.47. The molecular weight excluding hydrogens is 230 g/mol. The molecular formula is C13H21N3O2. The van der Waals surface area contributed by atoms with E-state index in [0.29, 0.717) is 17.6 Å². The van der Waals surface area contributed by atoms with E-state index < -0.39 is 4.92 Å². The number of hydrogen-bond donors (Lipinski definition) is 1. The smallest absolute Gasteiger partial charge is 0.271 e. The van der Waals surface area contributed by atoms with E-state index in [1.54, 1.807) is 6.07 Å². The molecule has 0 spiro atoms. The average Bonchev–Trinajstić information content (AvgIpc) is 2.26. The number of rotatable bonds is 5. The molecule has 0 heterocycles. The number of non-ortho nitro benzene ring substituents is 1. The van der Waals surface area contributed by atoms with Crippen molar-refractivity contribution in [1.82, 2.24) is 0 Å². The largest absolute Gasteiger partial charge is 0.397 e. The molecule has 0 aliphatic rings. The molecule has 1 aromatic carbocycles. The third kappa shape index (κ3) is 3.35. The highest BCUT2D eigenvalue weighted by Gasteiger charge is 2.16. The van der Waals surface area contributed by atoms with Crippen LogP contribution in [0.2, 0.25) is 0 Å². The van der Waals surface area contributed by atoms with Crippen LogP contribution in [0.15, 0.2) is 18.2 Å². The topological polar surface area (TPSA) is 72.4 Å². The molecule has 1 unspecified atom stereocenters. The highest BCUT2D eigenvalue weighted by atomic mass is 16.6. The van der Waals surface area contributed by atoms with Gasteiger partial charge in [-0.3, -0.25) is 10.1 Å². The average molecular weight is 251 g/mol. The standard InChI is InChI=1S/C13H21N3O2/c1-9(2)7-10(3)15(4)13-6-5-11(16(17)18)8-12(13)14/h5-6,8-10H,7,14H2,1-4H3. The van der Waals surface area contributed by atoms with Gasteiger partial charge in [0.15, 0.2) is 0 Å². The molecule has 5 nitrogen and oxygen atoms in total. The van der Waals surface area contributed by atoms with E-state index >= 15 is 0 Å². The second kappa shape index (κ2) is 5.71. The number of nitrogen functional groups attached to an aromatic ring is 1. The maximum Gasteiger partial charge on any atom is 0.271 e. The van der Waals surface area contributed by atoms with E-state index in [0.717, 1.165) is 12.1 Å². The van der Waals surface area contributed by atoms with E-state index in [9.17, 15) is 10.1 Å². The fourth-order valence-electron chi connectivity index (χ4n) is 2.05. The molecule has 100 valence electrons. The highest BCUT2D eigenvalue weighted by Crippen LogP contribution is 2.29. The van der Waals surface area contributed by atoms with Crippen LogP contribution in [0, 0.1) is 16.0 Å². The molecule has 5 heteroatoms. The van der Waals surface area contributed by atoms with Crippen molar-refractivity contribution in [2.45, 2.75) is 33.2 Å². The molecule has 0 amide bonds. The highest BCUT2D eigenvalue weighted by molar-refractivity contribution is 5.70. The van der Waals surface area contributed by atoms with Crippen molar-refractivity contribution in [3.05, 3.63) is 28.3 Å². The maximum atomic E-state index is 10.7. The fraction of sp³-hybridized carbons (Fsp3) is 0.538. The first-order valence-electron chi connectivity index (χ1n) is 6.09. The van der Waals surface area contributed by atoms with Gasteiger partial charge in [-0.25, -0.2) is 0 Å². The zero-order valence-electron chi connectivity index (χ0n) is 11.4. The van der Waals surface area contributed by atoms with Crippen LogP contribution in [0.3, 0.4) is 0 Å². The van der Waals surface area contributed by atoms with Crippen molar-refractivity contribution in [2.75, 3.05) is 17.7 Å². The second-order valence-corrected chi connectivity index (χ2v) is 5.09. The summed E-state index contributed by atoms with van der Waals surface area (Å²) in [4.78, 5) is 12.3. The Labute approximate surface area is 108 Å². The molecule has 18 heavy (non-hydrogen) atoms. The lowest BCUT2D eigenvalue weighted by Crippen LogP contribution is -2.30. The van der Waals surface area contributed by atoms with Crippen molar-refractivity contribution < 1.29 is 4.92 Å². The molecule has 0 aliphatic heterocycles. The Morgan fingerprint density at radius 2 is 2.00 bits per heavy atom. The Bertz CT molecular complexity index is 432. The van der Waals surface area contributed by atoms with Gasteiger partial charge in [0.05, 0.1) is 16.3 Å². The summed E-state index contributed by atoms with van der Waals surface area (Å²) in [7, 11) is 1.96. The minimum Gasteiger partial charge on any atom is -0.397 e.